The fraction of sp³-hybridized carbons (Fsp3) is 1.00. The lowest BCUT2D eigenvalue weighted by Crippen LogP contribution is -2.34. The summed E-state index contributed by atoms with van der Waals surface area (Å²) in [4.78, 5) is 0. The van der Waals surface area contributed by atoms with Gasteiger partial charge < -0.3 is 5.32 Å². The molecule has 1 nitrogen and oxygen atoms in total. The van der Waals surface area contributed by atoms with E-state index in [9.17, 15) is 8.78 Å². The Kier molecular flexibility index (Phi) is 5.38. The molecule has 12 heavy (non-hydrogen) atoms. The van der Waals surface area contributed by atoms with Gasteiger partial charge in [0.25, 0.3) is 0 Å². The third-order valence-electron chi connectivity index (χ3n) is 2.13. The van der Waals surface area contributed by atoms with Gasteiger partial charge in [-0.1, -0.05) is 13.8 Å². The van der Waals surface area contributed by atoms with Crippen LogP contribution < -0.4 is 5.32 Å². The van der Waals surface area contributed by atoms with E-state index in [4.69, 9.17) is 0 Å². The molecule has 76 valence electrons. The molecular weight excluding hydrogens is 160 g/mol. The summed E-state index contributed by atoms with van der Waals surface area (Å²) in [5, 5.41) is 3.01. The molecule has 1 saturated carbocycles. The smallest absolute Gasteiger partial charge is 0.248 e. The van der Waals surface area contributed by atoms with E-state index in [-0.39, 0.29) is 14.3 Å². The van der Waals surface area contributed by atoms with Gasteiger partial charge in [0.2, 0.25) is 5.92 Å². The lowest BCUT2D eigenvalue weighted by molar-refractivity contribution is -0.0398. The molecule has 0 bridgehead atoms. The first-order chi connectivity index (χ1) is 5.64. The minimum absolute atomic E-state index is 0. The Hall–Kier alpha value is -0.180. The van der Waals surface area contributed by atoms with Crippen LogP contribution in [0.25, 0.3) is 0 Å². The number of rotatable bonds is 1. The van der Waals surface area contributed by atoms with Gasteiger partial charge in [-0.15, -0.1) is 0 Å². The Morgan fingerprint density at radius 2 is 1.67 bits per heavy atom. The van der Waals surface area contributed by atoms with E-state index in [0.717, 1.165) is 0 Å². The molecule has 1 aliphatic carbocycles. The second kappa shape index (κ2) is 5.46. The molecule has 0 saturated heterocycles. The molecule has 0 aromatic carbocycles. The molecule has 1 fully saturated rings. The molecular formula is C9H21F2N. The monoisotopic (exact) mass is 181 g/mol. The number of hydrogen-bond donors (Lipinski definition) is 1. The van der Waals surface area contributed by atoms with E-state index < -0.39 is 5.92 Å². The zero-order valence-electron chi connectivity index (χ0n) is 8.16. The number of hydrogen-bond acceptors (Lipinski definition) is 1. The molecule has 0 amide bonds. The Morgan fingerprint density at radius 3 is 2.00 bits per heavy atom. The van der Waals surface area contributed by atoms with Crippen molar-refractivity contribution in [1.29, 1.82) is 0 Å². The molecule has 0 heterocycles. The average molecular weight is 181 g/mol. The fourth-order valence-corrected chi connectivity index (χ4v) is 1.33. The SMILES string of the molecule is CC.CNC1CCC(F)(F)CC1.[HH]. The van der Waals surface area contributed by atoms with Gasteiger partial charge in [-0.2, -0.15) is 0 Å². The van der Waals surface area contributed by atoms with Gasteiger partial charge in [0, 0.05) is 20.3 Å². The summed E-state index contributed by atoms with van der Waals surface area (Å²) < 4.78 is 25.0. The maximum Gasteiger partial charge on any atom is 0.248 e. The minimum Gasteiger partial charge on any atom is -0.317 e. The summed E-state index contributed by atoms with van der Waals surface area (Å²) in [7, 11) is 1.83. The van der Waals surface area contributed by atoms with Crippen molar-refractivity contribution in [3.05, 3.63) is 0 Å². The molecule has 3 heteroatoms. The fourth-order valence-electron chi connectivity index (χ4n) is 1.33. The molecule has 0 radical (unpaired) electrons. The van der Waals surface area contributed by atoms with E-state index in [2.05, 4.69) is 5.32 Å². The molecule has 0 aromatic heterocycles. The van der Waals surface area contributed by atoms with Crippen molar-refractivity contribution in [3.8, 4) is 0 Å². The van der Waals surface area contributed by atoms with Crippen molar-refractivity contribution in [2.45, 2.75) is 51.5 Å². The Bertz CT molecular complexity index is 110. The highest BCUT2D eigenvalue weighted by Crippen LogP contribution is 2.32. The van der Waals surface area contributed by atoms with Crippen molar-refractivity contribution in [1.82, 2.24) is 5.32 Å². The van der Waals surface area contributed by atoms with Crippen LogP contribution in [0.15, 0.2) is 0 Å². The van der Waals surface area contributed by atoms with Crippen LogP contribution in [0.4, 0.5) is 8.78 Å². The van der Waals surface area contributed by atoms with Crippen LogP contribution in [0.3, 0.4) is 0 Å². The normalized spacial score (nSPS) is 22.8. The van der Waals surface area contributed by atoms with Gasteiger partial charge in [0.15, 0.2) is 0 Å². The summed E-state index contributed by atoms with van der Waals surface area (Å²) in [6, 6.07) is 0.319. The summed E-state index contributed by atoms with van der Waals surface area (Å²) in [5.74, 6) is -2.38. The Morgan fingerprint density at radius 1 is 1.25 bits per heavy atom. The number of nitrogens with one attached hydrogen (secondary N) is 1. The van der Waals surface area contributed by atoms with Gasteiger partial charge in [-0.05, 0) is 19.9 Å². The maximum atomic E-state index is 12.5. The van der Waals surface area contributed by atoms with Crippen molar-refractivity contribution < 1.29 is 10.2 Å². The third kappa shape index (κ3) is 4.00. The second-order valence-electron chi connectivity index (χ2n) is 2.92. The van der Waals surface area contributed by atoms with Gasteiger partial charge in [0.1, 0.15) is 0 Å². The molecule has 1 aliphatic rings. The van der Waals surface area contributed by atoms with E-state index in [1.54, 1.807) is 0 Å². The number of halogens is 2. The van der Waals surface area contributed by atoms with Gasteiger partial charge in [-0.25, -0.2) is 8.78 Å². The van der Waals surface area contributed by atoms with E-state index in [1.807, 2.05) is 20.9 Å². The van der Waals surface area contributed by atoms with Crippen LogP contribution in [0, 0.1) is 0 Å². The summed E-state index contributed by atoms with van der Waals surface area (Å²) in [6.07, 6.45) is 1.34. The van der Waals surface area contributed by atoms with Crippen LogP contribution in [-0.4, -0.2) is 19.0 Å². The highest BCUT2D eigenvalue weighted by molar-refractivity contribution is 4.80. The largest absolute Gasteiger partial charge is 0.317 e. The maximum absolute atomic E-state index is 12.5. The van der Waals surface area contributed by atoms with E-state index in [1.165, 1.54) is 0 Å². The van der Waals surface area contributed by atoms with Crippen LogP contribution >= 0.6 is 0 Å². The van der Waals surface area contributed by atoms with Crippen molar-refractivity contribution in [2.75, 3.05) is 7.05 Å². The van der Waals surface area contributed by atoms with Crippen LogP contribution in [0.2, 0.25) is 0 Å². The van der Waals surface area contributed by atoms with E-state index >= 15 is 0 Å². The standard InChI is InChI=1S/C7H13F2N.C2H6.H2/c1-10-6-2-4-7(8,9)5-3-6;1-2;/h6,10H,2-5H2,1H3;1-2H3;1H. The molecule has 1 N–H and O–H groups in total. The van der Waals surface area contributed by atoms with Crippen LogP contribution in [0.1, 0.15) is 41.0 Å². The predicted octanol–water partition coefficient (Wildman–Crippen LogP) is 3.06. The minimum atomic E-state index is -2.38. The van der Waals surface area contributed by atoms with Crippen molar-refractivity contribution in [2.24, 2.45) is 0 Å². The molecule has 0 unspecified atom stereocenters. The van der Waals surface area contributed by atoms with Crippen LogP contribution in [-0.2, 0) is 0 Å². The number of alkyl halides is 2. The molecule has 1 rings (SSSR count). The van der Waals surface area contributed by atoms with Crippen LogP contribution in [0.5, 0.6) is 0 Å². The first-order valence-electron chi connectivity index (χ1n) is 4.69. The second-order valence-corrected chi connectivity index (χ2v) is 2.92. The van der Waals surface area contributed by atoms with Gasteiger partial charge >= 0.3 is 0 Å². The average Bonchev–Trinajstić information content (AvgIpc) is 2.08. The molecule has 0 atom stereocenters. The topological polar surface area (TPSA) is 12.0 Å². The first kappa shape index (κ1) is 11.8. The lowest BCUT2D eigenvalue weighted by atomic mass is 9.92. The zero-order chi connectivity index (χ0) is 9.61. The predicted molar refractivity (Wildman–Crippen MR) is 49.7 cm³/mol. The van der Waals surface area contributed by atoms with Crippen molar-refractivity contribution >= 4 is 0 Å². The Balaban J connectivity index is 0. The Labute approximate surface area is 75.0 Å². The first-order valence-corrected chi connectivity index (χ1v) is 4.69. The highest BCUT2D eigenvalue weighted by Gasteiger charge is 2.34. The van der Waals surface area contributed by atoms with E-state index in [0.29, 0.717) is 18.9 Å². The summed E-state index contributed by atoms with van der Waals surface area (Å²) in [6.45, 7) is 4.00. The zero-order valence-corrected chi connectivity index (χ0v) is 8.16. The highest BCUT2D eigenvalue weighted by atomic mass is 19.3. The third-order valence-corrected chi connectivity index (χ3v) is 2.13. The quantitative estimate of drug-likeness (QED) is 0.655. The van der Waals surface area contributed by atoms with Crippen molar-refractivity contribution in [3.63, 3.8) is 0 Å². The van der Waals surface area contributed by atoms with Gasteiger partial charge in [0.05, 0.1) is 0 Å². The summed E-state index contributed by atoms with van der Waals surface area (Å²) in [5.41, 5.74) is 0. The molecule has 0 spiro atoms. The summed E-state index contributed by atoms with van der Waals surface area (Å²) >= 11 is 0. The van der Waals surface area contributed by atoms with Gasteiger partial charge in [-0.3, -0.25) is 0 Å². The lowest BCUT2D eigenvalue weighted by Gasteiger charge is -2.27. The molecule has 0 aromatic rings. The molecule has 0 aliphatic heterocycles.